The minimum absolute atomic E-state index is 0.0222. The van der Waals surface area contributed by atoms with Gasteiger partial charge in [0, 0.05) is 0 Å². The zero-order chi connectivity index (χ0) is 24.4. The van der Waals surface area contributed by atoms with Crippen LogP contribution in [-0.2, 0) is 14.4 Å². The molecule has 2 aliphatic carbocycles. The van der Waals surface area contributed by atoms with Crippen LogP contribution in [0.1, 0.15) is 37.8 Å². The van der Waals surface area contributed by atoms with Crippen molar-refractivity contribution in [1.82, 2.24) is 0 Å². The Hall–Kier alpha value is -3.79. The molecule has 3 aliphatic rings. The number of imide groups is 1. The second-order valence-corrected chi connectivity index (χ2v) is 10.0. The lowest BCUT2D eigenvalue weighted by Gasteiger charge is -2.37. The Labute approximate surface area is 205 Å². The number of allylic oxidation sites excluding steroid dienone is 2. The van der Waals surface area contributed by atoms with Crippen molar-refractivity contribution < 1.29 is 14.4 Å². The summed E-state index contributed by atoms with van der Waals surface area (Å²) in [6.45, 7) is 3.95. The summed E-state index contributed by atoms with van der Waals surface area (Å²) in [4.78, 5) is 44.0. The molecule has 0 N–H and O–H groups in total. The van der Waals surface area contributed by atoms with Crippen molar-refractivity contribution in [2.45, 2.75) is 26.7 Å². The van der Waals surface area contributed by atoms with Gasteiger partial charge in [-0.1, -0.05) is 92.2 Å². The average Bonchev–Trinajstić information content (AvgIpc) is 3.35. The van der Waals surface area contributed by atoms with Crippen molar-refractivity contribution in [1.29, 1.82) is 0 Å². The standard InChI is InChI=1S/C31H27NO3/c1-3-19-31-24(21-15-9-5-10-16-21)23(20-13-7-4-8-14-20)30(2,29(31)35)25-26(31)28(34)32(27(25)33)22-17-11-6-12-18-22/h4-18,25-26H,3,19H2,1-2H3/t25-,26-,30-,31+/m0/s1. The molecule has 2 bridgehead atoms. The van der Waals surface area contributed by atoms with E-state index in [1.54, 1.807) is 12.1 Å². The van der Waals surface area contributed by atoms with Gasteiger partial charge in [0.2, 0.25) is 11.8 Å². The first-order valence-electron chi connectivity index (χ1n) is 12.3. The molecular formula is C31H27NO3. The van der Waals surface area contributed by atoms with Crippen LogP contribution in [0, 0.1) is 22.7 Å². The molecule has 0 aromatic heterocycles. The summed E-state index contributed by atoms with van der Waals surface area (Å²) >= 11 is 0. The molecule has 2 amide bonds. The summed E-state index contributed by atoms with van der Waals surface area (Å²) in [5.41, 5.74) is 2.18. The maximum atomic E-state index is 14.6. The summed E-state index contributed by atoms with van der Waals surface area (Å²) < 4.78 is 0. The number of carbonyl (C=O) groups excluding carboxylic acids is 3. The molecule has 0 radical (unpaired) electrons. The summed E-state index contributed by atoms with van der Waals surface area (Å²) in [6.07, 6.45) is 1.26. The second kappa shape index (κ2) is 7.61. The minimum Gasteiger partial charge on any atom is -0.298 e. The third kappa shape index (κ3) is 2.60. The molecule has 0 unspecified atom stereocenters. The fourth-order valence-electron chi connectivity index (χ4n) is 7.19. The van der Waals surface area contributed by atoms with E-state index in [1.807, 2.05) is 92.7 Å². The molecule has 2 fully saturated rings. The molecule has 1 aliphatic heterocycles. The number of nitrogens with zero attached hydrogens (tertiary/aromatic N) is 1. The predicted molar refractivity (Wildman–Crippen MR) is 136 cm³/mol. The Morgan fingerprint density at radius 1 is 0.686 bits per heavy atom. The van der Waals surface area contributed by atoms with Crippen LogP contribution in [0.5, 0.6) is 0 Å². The van der Waals surface area contributed by atoms with Gasteiger partial charge < -0.3 is 0 Å². The molecule has 4 heteroatoms. The van der Waals surface area contributed by atoms with Gasteiger partial charge in [-0.25, -0.2) is 4.90 Å². The number of benzene rings is 3. The zero-order valence-electron chi connectivity index (χ0n) is 19.9. The number of Topliss-reactive ketones (excluding diaryl/α,β-unsaturated/α-hetero) is 1. The topological polar surface area (TPSA) is 54.5 Å². The second-order valence-electron chi connectivity index (χ2n) is 10.0. The molecule has 6 rings (SSSR count). The highest BCUT2D eigenvalue weighted by molar-refractivity contribution is 6.34. The number of para-hydroxylation sites is 1. The summed E-state index contributed by atoms with van der Waals surface area (Å²) in [6, 6.07) is 29.0. The van der Waals surface area contributed by atoms with Crippen LogP contribution in [0.15, 0.2) is 91.0 Å². The van der Waals surface area contributed by atoms with E-state index in [2.05, 4.69) is 0 Å². The fraction of sp³-hybridized carbons (Fsp3) is 0.258. The number of rotatable bonds is 5. The van der Waals surface area contributed by atoms with Crippen molar-refractivity contribution >= 4 is 34.4 Å². The number of amides is 2. The maximum absolute atomic E-state index is 14.6. The van der Waals surface area contributed by atoms with E-state index >= 15 is 0 Å². The van der Waals surface area contributed by atoms with Crippen LogP contribution in [0.3, 0.4) is 0 Å². The Balaban J connectivity index is 1.67. The van der Waals surface area contributed by atoms with E-state index < -0.39 is 22.7 Å². The van der Waals surface area contributed by atoms with Gasteiger partial charge in [-0.05, 0) is 47.8 Å². The lowest BCUT2D eigenvalue weighted by Crippen LogP contribution is -2.41. The third-order valence-corrected chi connectivity index (χ3v) is 8.34. The number of carbonyl (C=O) groups is 3. The SMILES string of the molecule is CCC[C@@]12C(=O)[C@@](C)(C(c3ccccc3)=C1c1ccccc1)[C@@H]1C(=O)N(c3ccccc3)C(=O)[C@H]12. The van der Waals surface area contributed by atoms with E-state index in [9.17, 15) is 14.4 Å². The van der Waals surface area contributed by atoms with Gasteiger partial charge in [-0.3, -0.25) is 14.4 Å². The van der Waals surface area contributed by atoms with Gasteiger partial charge >= 0.3 is 0 Å². The van der Waals surface area contributed by atoms with Crippen molar-refractivity contribution in [2.24, 2.45) is 22.7 Å². The normalized spacial score (nSPS) is 29.3. The van der Waals surface area contributed by atoms with Crippen LogP contribution < -0.4 is 4.90 Å². The molecule has 1 saturated carbocycles. The molecule has 0 spiro atoms. The maximum Gasteiger partial charge on any atom is 0.239 e. The van der Waals surface area contributed by atoms with E-state index in [1.165, 1.54) is 4.90 Å². The Bertz CT molecular complexity index is 1380. The van der Waals surface area contributed by atoms with Crippen LogP contribution in [0.2, 0.25) is 0 Å². The van der Waals surface area contributed by atoms with Crippen LogP contribution in [0.4, 0.5) is 5.69 Å². The Morgan fingerprint density at radius 2 is 1.17 bits per heavy atom. The molecular weight excluding hydrogens is 434 g/mol. The molecule has 35 heavy (non-hydrogen) atoms. The van der Waals surface area contributed by atoms with Crippen molar-refractivity contribution in [3.8, 4) is 0 Å². The lowest BCUT2D eigenvalue weighted by molar-refractivity contribution is -0.134. The largest absolute Gasteiger partial charge is 0.298 e. The van der Waals surface area contributed by atoms with Gasteiger partial charge in [0.15, 0.2) is 5.78 Å². The van der Waals surface area contributed by atoms with Gasteiger partial charge in [0.1, 0.15) is 0 Å². The third-order valence-electron chi connectivity index (χ3n) is 8.34. The van der Waals surface area contributed by atoms with Crippen molar-refractivity contribution in [2.75, 3.05) is 4.90 Å². The van der Waals surface area contributed by atoms with E-state index in [-0.39, 0.29) is 17.6 Å². The smallest absolute Gasteiger partial charge is 0.239 e. The molecule has 3 aromatic carbocycles. The molecule has 3 aromatic rings. The highest BCUT2D eigenvalue weighted by Crippen LogP contribution is 2.74. The number of hydrogen-bond acceptors (Lipinski definition) is 3. The average molecular weight is 462 g/mol. The molecule has 174 valence electrons. The van der Waals surface area contributed by atoms with Crippen molar-refractivity contribution in [3.05, 3.63) is 102 Å². The highest BCUT2D eigenvalue weighted by Gasteiger charge is 2.79. The van der Waals surface area contributed by atoms with Gasteiger partial charge in [-0.2, -0.15) is 0 Å². The van der Waals surface area contributed by atoms with E-state index in [0.29, 0.717) is 12.1 Å². The van der Waals surface area contributed by atoms with E-state index in [4.69, 9.17) is 0 Å². The van der Waals surface area contributed by atoms with Gasteiger partial charge in [-0.15, -0.1) is 0 Å². The van der Waals surface area contributed by atoms with Crippen LogP contribution >= 0.6 is 0 Å². The van der Waals surface area contributed by atoms with Crippen molar-refractivity contribution in [3.63, 3.8) is 0 Å². The predicted octanol–water partition coefficient (Wildman–Crippen LogP) is 5.79. The molecule has 1 saturated heterocycles. The minimum atomic E-state index is -1.08. The Morgan fingerprint density at radius 3 is 1.71 bits per heavy atom. The lowest BCUT2D eigenvalue weighted by atomic mass is 9.61. The fourth-order valence-corrected chi connectivity index (χ4v) is 7.19. The number of ketones is 1. The molecule has 4 nitrogen and oxygen atoms in total. The van der Waals surface area contributed by atoms with Crippen LogP contribution in [0.25, 0.3) is 11.1 Å². The van der Waals surface area contributed by atoms with Crippen LogP contribution in [-0.4, -0.2) is 17.6 Å². The number of fused-ring (bicyclic) bond motifs is 5. The summed E-state index contributed by atoms with van der Waals surface area (Å²) in [5.74, 6) is -1.90. The Kier molecular flexibility index (Phi) is 4.72. The first kappa shape index (κ1) is 21.7. The first-order chi connectivity index (χ1) is 17.0. The molecule has 4 atom stereocenters. The van der Waals surface area contributed by atoms with Gasteiger partial charge in [0.05, 0.1) is 28.4 Å². The monoisotopic (exact) mass is 461 g/mol. The highest BCUT2D eigenvalue weighted by atomic mass is 16.2. The number of hydrogen-bond donors (Lipinski definition) is 0. The molecule has 1 heterocycles. The van der Waals surface area contributed by atoms with Gasteiger partial charge in [0.25, 0.3) is 0 Å². The summed E-state index contributed by atoms with van der Waals surface area (Å²) in [5, 5.41) is 0. The number of anilines is 1. The summed E-state index contributed by atoms with van der Waals surface area (Å²) in [7, 11) is 0. The quantitative estimate of drug-likeness (QED) is 0.452. The zero-order valence-corrected chi connectivity index (χ0v) is 19.9. The van der Waals surface area contributed by atoms with E-state index in [0.717, 1.165) is 28.7 Å². The first-order valence-corrected chi connectivity index (χ1v) is 12.3.